The number of ether oxygens (including phenoxy) is 1. The smallest absolute Gasteiger partial charge is 0.341 e. The molecule has 144 valence electrons. The lowest BCUT2D eigenvalue weighted by Gasteiger charge is -2.24. The van der Waals surface area contributed by atoms with Gasteiger partial charge in [-0.3, -0.25) is 9.58 Å². The van der Waals surface area contributed by atoms with Crippen LogP contribution in [0.4, 0.5) is 0 Å². The summed E-state index contributed by atoms with van der Waals surface area (Å²) in [5.74, 6) is -0.340. The quantitative estimate of drug-likeness (QED) is 0.631. The number of carbonyl (C=O) groups is 1. The summed E-state index contributed by atoms with van der Waals surface area (Å²) in [4.78, 5) is 16.4. The van der Waals surface area contributed by atoms with Crippen molar-refractivity contribution in [3.8, 4) is 6.07 Å². The van der Waals surface area contributed by atoms with E-state index >= 15 is 0 Å². The Hall–Kier alpha value is -2.69. The number of esters is 1. The number of carbonyl (C=O) groups excluding carboxylic acids is 1. The zero-order valence-electron chi connectivity index (χ0n) is 16.5. The molecule has 7 heteroatoms. The molecule has 0 aliphatic heterocycles. The van der Waals surface area contributed by atoms with Crippen molar-refractivity contribution in [1.82, 2.24) is 19.6 Å². The van der Waals surface area contributed by atoms with Crippen molar-refractivity contribution >= 4 is 5.97 Å². The van der Waals surface area contributed by atoms with Crippen LogP contribution in [0, 0.1) is 18.3 Å². The minimum absolute atomic E-state index is 0.340. The SMILES string of the molecule is CCOC(=O)c1cn(CN(CCN(C)C)Cc2ccc(C#N)cc2)nc1C. The van der Waals surface area contributed by atoms with Crippen molar-refractivity contribution in [2.45, 2.75) is 27.1 Å². The Morgan fingerprint density at radius 3 is 2.56 bits per heavy atom. The fraction of sp³-hybridized carbons (Fsp3) is 0.450. The van der Waals surface area contributed by atoms with Gasteiger partial charge in [-0.05, 0) is 45.6 Å². The van der Waals surface area contributed by atoms with E-state index in [1.165, 1.54) is 0 Å². The standard InChI is InChI=1S/C20H27N5O2/c1-5-27-20(26)19-14-25(22-16(19)2)15-24(11-10-23(3)4)13-18-8-6-17(12-21)7-9-18/h6-9,14H,5,10-11,13,15H2,1-4H3. The van der Waals surface area contributed by atoms with Gasteiger partial charge in [-0.2, -0.15) is 10.4 Å². The number of hydrogen-bond donors (Lipinski definition) is 0. The van der Waals surface area contributed by atoms with E-state index in [1.54, 1.807) is 17.8 Å². The fourth-order valence-electron chi connectivity index (χ4n) is 2.69. The highest BCUT2D eigenvalue weighted by Crippen LogP contribution is 2.11. The van der Waals surface area contributed by atoms with Crippen LogP contribution in [0.15, 0.2) is 30.5 Å². The molecule has 0 saturated carbocycles. The Balaban J connectivity index is 2.12. The van der Waals surface area contributed by atoms with E-state index in [9.17, 15) is 4.79 Å². The Bertz CT molecular complexity index is 790. The van der Waals surface area contributed by atoms with E-state index in [0.29, 0.717) is 30.1 Å². The fourth-order valence-corrected chi connectivity index (χ4v) is 2.69. The van der Waals surface area contributed by atoms with Gasteiger partial charge in [-0.1, -0.05) is 12.1 Å². The van der Waals surface area contributed by atoms with E-state index in [4.69, 9.17) is 10.00 Å². The molecule has 27 heavy (non-hydrogen) atoms. The molecule has 1 aromatic heterocycles. The summed E-state index contributed by atoms with van der Waals surface area (Å²) < 4.78 is 6.86. The Labute approximate surface area is 160 Å². The van der Waals surface area contributed by atoms with E-state index in [1.807, 2.05) is 45.3 Å². The third kappa shape index (κ3) is 6.20. The first kappa shape index (κ1) is 20.6. The van der Waals surface area contributed by atoms with Gasteiger partial charge in [0.2, 0.25) is 0 Å². The highest BCUT2D eigenvalue weighted by Gasteiger charge is 2.16. The molecule has 1 aromatic carbocycles. The molecule has 0 N–H and O–H groups in total. The maximum absolute atomic E-state index is 12.0. The Morgan fingerprint density at radius 1 is 1.26 bits per heavy atom. The van der Waals surface area contributed by atoms with Crippen LogP contribution in [0.1, 0.15) is 34.1 Å². The van der Waals surface area contributed by atoms with Gasteiger partial charge in [0.1, 0.15) is 5.56 Å². The van der Waals surface area contributed by atoms with Crippen molar-refractivity contribution in [3.05, 3.63) is 52.8 Å². The maximum atomic E-state index is 12.0. The summed E-state index contributed by atoms with van der Waals surface area (Å²) in [7, 11) is 4.08. The highest BCUT2D eigenvalue weighted by atomic mass is 16.5. The van der Waals surface area contributed by atoms with E-state index in [-0.39, 0.29) is 5.97 Å². The average molecular weight is 369 g/mol. The monoisotopic (exact) mass is 369 g/mol. The molecule has 0 spiro atoms. The molecular weight excluding hydrogens is 342 g/mol. The van der Waals surface area contributed by atoms with Gasteiger partial charge in [0, 0.05) is 25.8 Å². The van der Waals surface area contributed by atoms with Crippen LogP contribution in [0.2, 0.25) is 0 Å². The molecule has 7 nitrogen and oxygen atoms in total. The predicted molar refractivity (Wildman–Crippen MR) is 103 cm³/mol. The van der Waals surface area contributed by atoms with Gasteiger partial charge in [0.15, 0.2) is 0 Å². The predicted octanol–water partition coefficient (Wildman–Crippen LogP) is 2.26. The molecule has 0 bridgehead atoms. The van der Waals surface area contributed by atoms with Gasteiger partial charge < -0.3 is 9.64 Å². The summed E-state index contributed by atoms with van der Waals surface area (Å²) in [5, 5.41) is 13.4. The van der Waals surface area contributed by atoms with Gasteiger partial charge in [0.05, 0.1) is 30.6 Å². The number of aryl methyl sites for hydroxylation is 1. The first-order chi connectivity index (χ1) is 12.9. The third-order valence-electron chi connectivity index (χ3n) is 4.14. The van der Waals surface area contributed by atoms with E-state index in [2.05, 4.69) is 21.0 Å². The van der Waals surface area contributed by atoms with Gasteiger partial charge in [0.25, 0.3) is 0 Å². The molecule has 2 rings (SSSR count). The first-order valence-corrected chi connectivity index (χ1v) is 9.00. The largest absolute Gasteiger partial charge is 0.462 e. The minimum atomic E-state index is -0.340. The van der Waals surface area contributed by atoms with Crippen LogP contribution < -0.4 is 0 Å². The van der Waals surface area contributed by atoms with Crippen molar-refractivity contribution < 1.29 is 9.53 Å². The maximum Gasteiger partial charge on any atom is 0.341 e. The molecule has 0 fully saturated rings. The van der Waals surface area contributed by atoms with Gasteiger partial charge in [-0.25, -0.2) is 4.79 Å². The van der Waals surface area contributed by atoms with Crippen LogP contribution in [0.25, 0.3) is 0 Å². The number of nitrogens with zero attached hydrogens (tertiary/aromatic N) is 5. The molecule has 2 aromatic rings. The number of benzene rings is 1. The van der Waals surface area contributed by atoms with Crippen LogP contribution in [-0.4, -0.2) is 59.3 Å². The molecule has 0 radical (unpaired) electrons. The van der Waals surface area contributed by atoms with Crippen LogP contribution in [0.3, 0.4) is 0 Å². The molecule has 0 amide bonds. The first-order valence-electron chi connectivity index (χ1n) is 9.00. The summed E-state index contributed by atoms with van der Waals surface area (Å²) >= 11 is 0. The number of aromatic nitrogens is 2. The molecule has 0 atom stereocenters. The molecule has 0 saturated heterocycles. The summed E-state index contributed by atoms with van der Waals surface area (Å²) in [6.45, 7) is 6.99. The van der Waals surface area contributed by atoms with Crippen LogP contribution in [-0.2, 0) is 18.0 Å². The van der Waals surface area contributed by atoms with E-state index < -0.39 is 0 Å². The van der Waals surface area contributed by atoms with Gasteiger partial charge in [-0.15, -0.1) is 0 Å². The Morgan fingerprint density at radius 2 is 1.96 bits per heavy atom. The molecule has 0 aliphatic carbocycles. The summed E-state index contributed by atoms with van der Waals surface area (Å²) in [6.07, 6.45) is 1.74. The number of likely N-dealkylation sites (N-methyl/N-ethyl adjacent to an activating group) is 1. The highest BCUT2D eigenvalue weighted by molar-refractivity contribution is 5.90. The Kier molecular flexibility index (Phi) is 7.53. The minimum Gasteiger partial charge on any atom is -0.462 e. The molecule has 0 aliphatic rings. The normalized spacial score (nSPS) is 11.0. The number of rotatable bonds is 9. The number of hydrogen-bond acceptors (Lipinski definition) is 6. The van der Waals surface area contributed by atoms with Crippen molar-refractivity contribution in [1.29, 1.82) is 5.26 Å². The molecule has 0 unspecified atom stereocenters. The zero-order chi connectivity index (χ0) is 19.8. The topological polar surface area (TPSA) is 74.4 Å². The van der Waals surface area contributed by atoms with Crippen molar-refractivity contribution in [2.24, 2.45) is 0 Å². The summed E-state index contributed by atoms with van der Waals surface area (Å²) in [6, 6.07) is 9.74. The summed E-state index contributed by atoms with van der Waals surface area (Å²) in [5.41, 5.74) is 2.95. The molecule has 1 heterocycles. The van der Waals surface area contributed by atoms with Crippen LogP contribution >= 0.6 is 0 Å². The second-order valence-corrected chi connectivity index (χ2v) is 6.69. The lowest BCUT2D eigenvalue weighted by Crippen LogP contribution is -2.33. The lowest BCUT2D eigenvalue weighted by atomic mass is 10.1. The van der Waals surface area contributed by atoms with Gasteiger partial charge >= 0.3 is 5.97 Å². The van der Waals surface area contributed by atoms with Crippen LogP contribution in [0.5, 0.6) is 0 Å². The average Bonchev–Trinajstić information content (AvgIpc) is 3.01. The zero-order valence-corrected chi connectivity index (χ0v) is 16.5. The van der Waals surface area contributed by atoms with E-state index in [0.717, 1.165) is 25.2 Å². The molecular formula is C20H27N5O2. The second kappa shape index (κ2) is 9.86. The van der Waals surface area contributed by atoms with Crippen molar-refractivity contribution in [2.75, 3.05) is 33.8 Å². The third-order valence-corrected chi connectivity index (χ3v) is 4.14. The second-order valence-electron chi connectivity index (χ2n) is 6.69. The number of nitriles is 1. The van der Waals surface area contributed by atoms with Crippen molar-refractivity contribution in [3.63, 3.8) is 0 Å². The lowest BCUT2D eigenvalue weighted by molar-refractivity contribution is 0.0525.